The molecule has 0 aliphatic carbocycles. The van der Waals surface area contributed by atoms with E-state index in [1.807, 2.05) is 90.5 Å². The number of carbonyl (C=O) groups is 1. The lowest BCUT2D eigenvalue weighted by molar-refractivity contribution is -0.116. The molecule has 1 aromatic heterocycles. The lowest BCUT2D eigenvalue weighted by Crippen LogP contribution is -2.41. The molecular weight excluding hydrogens is 442 g/mol. The molecule has 2 heterocycles. The lowest BCUT2D eigenvalue weighted by Gasteiger charge is -2.33. The maximum absolute atomic E-state index is 13.4. The van der Waals surface area contributed by atoms with Crippen LogP contribution in [0.2, 0.25) is 5.02 Å². The molecule has 0 saturated heterocycles. The molecule has 2 atom stereocenters. The third-order valence-electron chi connectivity index (χ3n) is 5.36. The summed E-state index contributed by atoms with van der Waals surface area (Å²) in [6.45, 7) is 1.97. The Balaban J connectivity index is 1.52. The molecule has 8 heteroatoms. The van der Waals surface area contributed by atoms with Gasteiger partial charge in [0.15, 0.2) is 5.82 Å². The first-order valence-corrected chi connectivity index (χ1v) is 11.4. The molecule has 160 valence electrons. The monoisotopic (exact) mass is 461 g/mol. The average molecular weight is 462 g/mol. The highest BCUT2D eigenvalue weighted by Gasteiger charge is 2.38. The van der Waals surface area contributed by atoms with Gasteiger partial charge in [0.2, 0.25) is 11.1 Å². The van der Waals surface area contributed by atoms with Crippen LogP contribution in [0, 0.1) is 6.92 Å². The number of halogens is 1. The van der Waals surface area contributed by atoms with Crippen LogP contribution in [-0.4, -0.2) is 26.0 Å². The molecular formula is C24H20ClN5OS. The SMILES string of the molecule is Cc1ccccc1NC(=O)[C@@H]1Sc2nnc(-c3ccccc3)n2N[C@H]1c1ccc(Cl)cc1. The Kier molecular flexibility index (Phi) is 5.59. The molecule has 0 bridgehead atoms. The van der Waals surface area contributed by atoms with Gasteiger partial charge in [0, 0.05) is 16.3 Å². The minimum Gasteiger partial charge on any atom is -0.325 e. The van der Waals surface area contributed by atoms with Crippen molar-refractivity contribution in [2.45, 2.75) is 23.4 Å². The number of hydrogen-bond acceptors (Lipinski definition) is 5. The van der Waals surface area contributed by atoms with Crippen molar-refractivity contribution < 1.29 is 4.79 Å². The van der Waals surface area contributed by atoms with Crippen LogP contribution in [-0.2, 0) is 4.79 Å². The third kappa shape index (κ3) is 3.97. The van der Waals surface area contributed by atoms with Crippen LogP contribution in [0.5, 0.6) is 0 Å². The van der Waals surface area contributed by atoms with Crippen molar-refractivity contribution >= 4 is 35.0 Å². The number of aromatic nitrogens is 3. The van der Waals surface area contributed by atoms with Gasteiger partial charge in [-0.15, -0.1) is 10.2 Å². The molecule has 1 aliphatic heterocycles. The molecule has 4 aromatic rings. The normalized spacial score (nSPS) is 17.3. The van der Waals surface area contributed by atoms with E-state index in [0.29, 0.717) is 16.0 Å². The number of amides is 1. The zero-order valence-electron chi connectivity index (χ0n) is 17.2. The Morgan fingerprint density at radius 2 is 1.72 bits per heavy atom. The number of rotatable bonds is 4. The number of para-hydroxylation sites is 1. The summed E-state index contributed by atoms with van der Waals surface area (Å²) in [4.78, 5) is 13.4. The van der Waals surface area contributed by atoms with Crippen LogP contribution in [0.4, 0.5) is 5.69 Å². The first kappa shape index (κ1) is 20.6. The molecule has 0 unspecified atom stereocenters. The number of fused-ring (bicyclic) bond motifs is 1. The number of anilines is 1. The first-order valence-electron chi connectivity index (χ1n) is 10.2. The predicted octanol–water partition coefficient (Wildman–Crippen LogP) is 5.30. The van der Waals surface area contributed by atoms with E-state index < -0.39 is 5.25 Å². The molecule has 3 aromatic carbocycles. The van der Waals surface area contributed by atoms with Crippen molar-refractivity contribution in [2.75, 3.05) is 10.7 Å². The maximum atomic E-state index is 13.4. The fourth-order valence-electron chi connectivity index (χ4n) is 3.67. The molecule has 6 nitrogen and oxygen atoms in total. The van der Waals surface area contributed by atoms with Gasteiger partial charge >= 0.3 is 0 Å². The Bertz CT molecular complexity index is 1260. The van der Waals surface area contributed by atoms with Gasteiger partial charge < -0.3 is 10.7 Å². The Morgan fingerprint density at radius 3 is 2.47 bits per heavy atom. The fraction of sp³-hybridized carbons (Fsp3) is 0.125. The Hall–Kier alpha value is -3.29. The van der Waals surface area contributed by atoms with E-state index in [0.717, 1.165) is 22.4 Å². The van der Waals surface area contributed by atoms with Crippen LogP contribution in [0.15, 0.2) is 84.0 Å². The maximum Gasteiger partial charge on any atom is 0.240 e. The third-order valence-corrected chi connectivity index (χ3v) is 6.83. The molecule has 2 N–H and O–H groups in total. The van der Waals surface area contributed by atoms with E-state index in [-0.39, 0.29) is 11.9 Å². The second kappa shape index (κ2) is 8.68. The Labute approximate surface area is 195 Å². The van der Waals surface area contributed by atoms with Crippen LogP contribution < -0.4 is 10.7 Å². The second-order valence-electron chi connectivity index (χ2n) is 7.51. The largest absolute Gasteiger partial charge is 0.325 e. The standard InChI is InChI=1S/C24H20ClN5OS/c1-15-7-5-6-10-19(15)26-23(31)21-20(16-11-13-18(25)14-12-16)29-30-22(27-28-24(30)32-21)17-8-3-2-4-9-17/h2-14,20-21,29H,1H3,(H,26,31)/t20-,21+/m0/s1. The average Bonchev–Trinajstić information content (AvgIpc) is 3.24. The molecule has 0 saturated carbocycles. The number of hydrogen-bond donors (Lipinski definition) is 2. The topological polar surface area (TPSA) is 71.8 Å². The molecule has 1 aliphatic rings. The van der Waals surface area contributed by atoms with E-state index >= 15 is 0 Å². The lowest BCUT2D eigenvalue weighted by atomic mass is 10.0. The van der Waals surface area contributed by atoms with E-state index in [1.54, 1.807) is 0 Å². The van der Waals surface area contributed by atoms with Crippen molar-refractivity contribution in [3.05, 3.63) is 95.0 Å². The van der Waals surface area contributed by atoms with Crippen molar-refractivity contribution in [1.82, 2.24) is 14.9 Å². The minimum atomic E-state index is -0.462. The molecule has 0 radical (unpaired) electrons. The number of benzene rings is 3. The quantitative estimate of drug-likeness (QED) is 0.431. The van der Waals surface area contributed by atoms with Gasteiger partial charge in [-0.2, -0.15) is 0 Å². The van der Waals surface area contributed by atoms with Gasteiger partial charge in [-0.25, -0.2) is 4.68 Å². The van der Waals surface area contributed by atoms with E-state index in [1.165, 1.54) is 11.8 Å². The summed E-state index contributed by atoms with van der Waals surface area (Å²) in [5.41, 5.74) is 7.17. The van der Waals surface area contributed by atoms with Gasteiger partial charge in [0.1, 0.15) is 5.25 Å². The van der Waals surface area contributed by atoms with Gasteiger partial charge in [0.25, 0.3) is 0 Å². The zero-order chi connectivity index (χ0) is 22.1. The van der Waals surface area contributed by atoms with E-state index in [4.69, 9.17) is 11.6 Å². The highest BCUT2D eigenvalue weighted by molar-refractivity contribution is 8.00. The van der Waals surface area contributed by atoms with Crippen molar-refractivity contribution in [3.8, 4) is 11.4 Å². The van der Waals surface area contributed by atoms with E-state index in [2.05, 4.69) is 20.9 Å². The van der Waals surface area contributed by atoms with Crippen LogP contribution in [0.25, 0.3) is 11.4 Å². The van der Waals surface area contributed by atoms with Crippen molar-refractivity contribution in [3.63, 3.8) is 0 Å². The summed E-state index contributed by atoms with van der Waals surface area (Å²) >= 11 is 7.51. The highest BCUT2D eigenvalue weighted by Crippen LogP contribution is 2.39. The molecule has 5 rings (SSSR count). The van der Waals surface area contributed by atoms with E-state index in [9.17, 15) is 4.79 Å². The van der Waals surface area contributed by atoms with Crippen LogP contribution in [0.1, 0.15) is 17.2 Å². The van der Waals surface area contributed by atoms with Crippen LogP contribution in [0.3, 0.4) is 0 Å². The number of carbonyl (C=O) groups excluding carboxylic acids is 1. The summed E-state index contributed by atoms with van der Waals surface area (Å²) in [7, 11) is 0. The first-order chi connectivity index (χ1) is 15.6. The molecule has 0 spiro atoms. The summed E-state index contributed by atoms with van der Waals surface area (Å²) in [6, 6.07) is 24.8. The van der Waals surface area contributed by atoms with Crippen LogP contribution >= 0.6 is 23.4 Å². The molecule has 32 heavy (non-hydrogen) atoms. The van der Waals surface area contributed by atoms with Gasteiger partial charge in [-0.3, -0.25) is 4.79 Å². The molecule has 0 fully saturated rings. The minimum absolute atomic E-state index is 0.104. The number of nitrogens with zero attached hydrogens (tertiary/aromatic N) is 3. The summed E-state index contributed by atoms with van der Waals surface area (Å²) in [5, 5.41) is 12.6. The predicted molar refractivity (Wildman–Crippen MR) is 128 cm³/mol. The number of thioether (sulfide) groups is 1. The molecule has 1 amide bonds. The highest BCUT2D eigenvalue weighted by atomic mass is 35.5. The fourth-order valence-corrected chi connectivity index (χ4v) is 4.87. The Morgan fingerprint density at radius 1 is 1.00 bits per heavy atom. The summed E-state index contributed by atoms with van der Waals surface area (Å²) in [5.74, 6) is 0.595. The van der Waals surface area contributed by atoms with Gasteiger partial charge in [-0.05, 0) is 36.2 Å². The smallest absolute Gasteiger partial charge is 0.240 e. The second-order valence-corrected chi connectivity index (χ2v) is 9.05. The van der Waals surface area contributed by atoms with Gasteiger partial charge in [-0.1, -0.05) is 84.0 Å². The number of nitrogens with one attached hydrogen (secondary N) is 2. The number of aryl methyl sites for hydroxylation is 1. The zero-order valence-corrected chi connectivity index (χ0v) is 18.8. The van der Waals surface area contributed by atoms with Gasteiger partial charge in [0.05, 0.1) is 6.04 Å². The summed E-state index contributed by atoms with van der Waals surface area (Å²) in [6.07, 6.45) is 0. The summed E-state index contributed by atoms with van der Waals surface area (Å²) < 4.78 is 1.86. The van der Waals surface area contributed by atoms with Crippen molar-refractivity contribution in [2.24, 2.45) is 0 Å². The van der Waals surface area contributed by atoms with Crippen molar-refractivity contribution in [1.29, 1.82) is 0 Å².